The van der Waals surface area contributed by atoms with Gasteiger partial charge in [0.2, 0.25) is 0 Å². The Labute approximate surface area is 114 Å². The fourth-order valence-corrected chi connectivity index (χ4v) is 3.96. The van der Waals surface area contributed by atoms with Gasteiger partial charge in [-0.15, -0.1) is 22.9 Å². The quantitative estimate of drug-likeness (QED) is 0.793. The Morgan fingerprint density at radius 3 is 2.89 bits per heavy atom. The van der Waals surface area contributed by atoms with E-state index in [-0.39, 0.29) is 0 Å². The van der Waals surface area contributed by atoms with E-state index in [9.17, 15) is 0 Å². The van der Waals surface area contributed by atoms with Gasteiger partial charge in [0.15, 0.2) is 10.8 Å². The summed E-state index contributed by atoms with van der Waals surface area (Å²) >= 11 is 7.76. The highest BCUT2D eigenvalue weighted by Gasteiger charge is 2.35. The van der Waals surface area contributed by atoms with Crippen molar-refractivity contribution >= 4 is 33.7 Å². The van der Waals surface area contributed by atoms with E-state index in [0.29, 0.717) is 18.1 Å². The summed E-state index contributed by atoms with van der Waals surface area (Å²) in [5.41, 5.74) is 1.11. The average Bonchev–Trinajstić information content (AvgIpc) is 3.03. The van der Waals surface area contributed by atoms with Gasteiger partial charge in [-0.25, -0.2) is 4.98 Å². The Balaban J connectivity index is 1.75. The van der Waals surface area contributed by atoms with Crippen LogP contribution in [0.25, 0.3) is 4.96 Å². The van der Waals surface area contributed by atoms with E-state index in [2.05, 4.69) is 9.30 Å². The molecule has 2 saturated heterocycles. The second-order valence-corrected chi connectivity index (χ2v) is 6.07. The molecule has 0 radical (unpaired) electrons. The Bertz CT molecular complexity index is 569. The number of ether oxygens (including phenoxy) is 1. The van der Waals surface area contributed by atoms with Crippen LogP contribution in [0.2, 0.25) is 0 Å². The molecular formula is C12H14ClN3OS. The zero-order valence-electron chi connectivity index (χ0n) is 9.88. The van der Waals surface area contributed by atoms with Gasteiger partial charge in [-0.05, 0) is 12.8 Å². The van der Waals surface area contributed by atoms with Crippen LogP contribution in [-0.4, -0.2) is 34.7 Å². The molecule has 4 rings (SSSR count). The lowest BCUT2D eigenvalue weighted by Gasteiger charge is -2.32. The average molecular weight is 284 g/mol. The first-order valence-corrected chi connectivity index (χ1v) is 7.67. The molecule has 4 heterocycles. The summed E-state index contributed by atoms with van der Waals surface area (Å²) < 4.78 is 7.97. The number of imidazole rings is 1. The molecule has 2 aliphatic heterocycles. The van der Waals surface area contributed by atoms with Gasteiger partial charge >= 0.3 is 0 Å². The van der Waals surface area contributed by atoms with E-state index in [1.54, 1.807) is 11.3 Å². The van der Waals surface area contributed by atoms with Crippen LogP contribution < -0.4 is 4.90 Å². The van der Waals surface area contributed by atoms with Crippen molar-refractivity contribution in [3.05, 3.63) is 17.3 Å². The third-order valence-corrected chi connectivity index (χ3v) is 4.82. The molecule has 6 heteroatoms. The minimum Gasteiger partial charge on any atom is -0.371 e. The molecule has 2 unspecified atom stereocenters. The lowest BCUT2D eigenvalue weighted by Crippen LogP contribution is -2.43. The highest BCUT2D eigenvalue weighted by molar-refractivity contribution is 7.15. The van der Waals surface area contributed by atoms with Crippen molar-refractivity contribution in [2.75, 3.05) is 18.0 Å². The normalized spacial score (nSPS) is 27.3. The number of nitrogens with zero attached hydrogens (tertiary/aromatic N) is 3. The lowest BCUT2D eigenvalue weighted by atomic mass is 10.2. The highest BCUT2D eigenvalue weighted by Crippen LogP contribution is 2.32. The van der Waals surface area contributed by atoms with Crippen molar-refractivity contribution < 1.29 is 4.74 Å². The number of thiazole rings is 1. The maximum absolute atomic E-state index is 6.10. The van der Waals surface area contributed by atoms with Crippen LogP contribution in [0.5, 0.6) is 0 Å². The van der Waals surface area contributed by atoms with Gasteiger partial charge in [-0.2, -0.15) is 0 Å². The van der Waals surface area contributed by atoms with Crippen LogP contribution in [0.15, 0.2) is 11.6 Å². The first-order chi connectivity index (χ1) is 8.85. The highest BCUT2D eigenvalue weighted by atomic mass is 35.5. The summed E-state index contributed by atoms with van der Waals surface area (Å²) in [5, 5.41) is 2.05. The van der Waals surface area contributed by atoms with Gasteiger partial charge < -0.3 is 9.64 Å². The van der Waals surface area contributed by atoms with E-state index in [1.807, 2.05) is 11.6 Å². The molecule has 0 amide bonds. The molecule has 0 aliphatic carbocycles. The standard InChI is InChI=1S/C12H14ClN3OS/c13-5-10-11(14-12-16(10)3-4-18-12)15-6-8-1-2-9(7-15)17-8/h3-4,8-9H,1-2,5-7H2. The van der Waals surface area contributed by atoms with Crippen molar-refractivity contribution in [1.29, 1.82) is 0 Å². The van der Waals surface area contributed by atoms with Crippen LogP contribution in [-0.2, 0) is 10.6 Å². The molecule has 0 aromatic carbocycles. The van der Waals surface area contributed by atoms with Crippen molar-refractivity contribution in [2.45, 2.75) is 30.9 Å². The lowest BCUT2D eigenvalue weighted by molar-refractivity contribution is 0.0302. The Morgan fingerprint density at radius 2 is 2.17 bits per heavy atom. The van der Waals surface area contributed by atoms with E-state index in [4.69, 9.17) is 21.3 Å². The van der Waals surface area contributed by atoms with E-state index >= 15 is 0 Å². The van der Waals surface area contributed by atoms with Crippen LogP contribution >= 0.6 is 22.9 Å². The first kappa shape index (κ1) is 11.1. The van der Waals surface area contributed by atoms with Gasteiger partial charge in [0.05, 0.1) is 23.8 Å². The van der Waals surface area contributed by atoms with Crippen LogP contribution in [0.3, 0.4) is 0 Å². The summed E-state index contributed by atoms with van der Waals surface area (Å²) in [6.45, 7) is 1.90. The number of aromatic nitrogens is 2. The number of hydrogen-bond acceptors (Lipinski definition) is 4. The Hall–Kier alpha value is -0.780. The third kappa shape index (κ3) is 1.57. The molecule has 2 atom stereocenters. The van der Waals surface area contributed by atoms with Gasteiger partial charge in [-0.1, -0.05) is 0 Å². The van der Waals surface area contributed by atoms with Crippen LogP contribution in [0, 0.1) is 0 Å². The fourth-order valence-electron chi connectivity index (χ4n) is 2.99. The predicted molar refractivity (Wildman–Crippen MR) is 72.7 cm³/mol. The van der Waals surface area contributed by atoms with Gasteiger partial charge in [0.25, 0.3) is 0 Å². The largest absolute Gasteiger partial charge is 0.371 e. The molecule has 4 nitrogen and oxygen atoms in total. The number of morpholine rings is 1. The van der Waals surface area contributed by atoms with E-state index < -0.39 is 0 Å². The number of anilines is 1. The number of rotatable bonds is 2. The maximum Gasteiger partial charge on any atom is 0.195 e. The van der Waals surface area contributed by atoms with Gasteiger partial charge in [0, 0.05) is 24.7 Å². The van der Waals surface area contributed by atoms with Crippen LogP contribution in [0.1, 0.15) is 18.5 Å². The molecule has 0 saturated carbocycles. The van der Waals surface area contributed by atoms with Crippen LogP contribution in [0.4, 0.5) is 5.82 Å². The second kappa shape index (κ2) is 4.11. The van der Waals surface area contributed by atoms with Gasteiger partial charge in [0.1, 0.15) is 0 Å². The minimum atomic E-state index is 0.381. The molecule has 2 aromatic heterocycles. The summed E-state index contributed by atoms with van der Waals surface area (Å²) in [6, 6.07) is 0. The predicted octanol–water partition coefficient (Wildman–Crippen LogP) is 2.50. The molecule has 96 valence electrons. The Kier molecular flexibility index (Phi) is 2.53. The molecule has 18 heavy (non-hydrogen) atoms. The van der Waals surface area contributed by atoms with E-state index in [1.165, 1.54) is 12.8 Å². The number of hydrogen-bond donors (Lipinski definition) is 0. The van der Waals surface area contributed by atoms with Gasteiger partial charge in [-0.3, -0.25) is 4.40 Å². The fraction of sp³-hybridized carbons (Fsp3) is 0.583. The summed E-state index contributed by atoms with van der Waals surface area (Å²) in [4.78, 5) is 8.11. The maximum atomic E-state index is 6.10. The molecule has 0 spiro atoms. The molecule has 2 fully saturated rings. The molecule has 0 N–H and O–H groups in total. The summed E-state index contributed by atoms with van der Waals surface area (Å²) in [5.74, 6) is 1.55. The second-order valence-electron chi connectivity index (χ2n) is 4.93. The summed E-state index contributed by atoms with van der Waals surface area (Å²) in [6.07, 6.45) is 5.17. The number of alkyl halides is 1. The smallest absolute Gasteiger partial charge is 0.195 e. The molecule has 2 bridgehead atoms. The zero-order chi connectivity index (χ0) is 12.1. The zero-order valence-corrected chi connectivity index (χ0v) is 11.5. The number of halogens is 1. The minimum absolute atomic E-state index is 0.381. The van der Waals surface area contributed by atoms with Crippen molar-refractivity contribution in [1.82, 2.24) is 9.38 Å². The van der Waals surface area contributed by atoms with Crippen molar-refractivity contribution in [3.63, 3.8) is 0 Å². The van der Waals surface area contributed by atoms with Crippen molar-refractivity contribution in [3.8, 4) is 0 Å². The Morgan fingerprint density at radius 1 is 1.39 bits per heavy atom. The summed E-state index contributed by atoms with van der Waals surface area (Å²) in [7, 11) is 0. The third-order valence-electron chi connectivity index (χ3n) is 3.81. The number of fused-ring (bicyclic) bond motifs is 3. The monoisotopic (exact) mass is 283 g/mol. The molecule has 2 aliphatic rings. The molecular weight excluding hydrogens is 270 g/mol. The SMILES string of the molecule is ClCc1c(N2CC3CCC(C2)O3)nc2sccn12. The topological polar surface area (TPSA) is 29.8 Å². The first-order valence-electron chi connectivity index (χ1n) is 6.26. The van der Waals surface area contributed by atoms with E-state index in [0.717, 1.165) is 29.6 Å². The molecule has 2 aromatic rings. The van der Waals surface area contributed by atoms with Crippen molar-refractivity contribution in [2.24, 2.45) is 0 Å².